The van der Waals surface area contributed by atoms with Crippen LogP contribution in [0, 0.1) is 0 Å². The second kappa shape index (κ2) is 6.78. The van der Waals surface area contributed by atoms with Gasteiger partial charge in [-0.3, -0.25) is 0 Å². The van der Waals surface area contributed by atoms with Crippen molar-refractivity contribution >= 4 is 40.9 Å². The number of rotatable bonds is 5. The van der Waals surface area contributed by atoms with Gasteiger partial charge in [-0.1, -0.05) is 16.3 Å². The Morgan fingerprint density at radius 1 is 1.47 bits per heavy atom. The summed E-state index contributed by atoms with van der Waals surface area (Å²) < 4.78 is 8.72. The van der Waals surface area contributed by atoms with Crippen molar-refractivity contribution in [1.82, 2.24) is 19.6 Å². The Bertz CT molecular complexity index is 561. The van der Waals surface area contributed by atoms with Gasteiger partial charge in [-0.05, 0) is 17.8 Å². The molecule has 0 saturated carbocycles. The third kappa shape index (κ3) is 3.40. The summed E-state index contributed by atoms with van der Waals surface area (Å²) in [5.74, 6) is -0.238. The van der Waals surface area contributed by atoms with Crippen LogP contribution in [0.1, 0.15) is 9.67 Å². The molecule has 0 unspecified atom stereocenters. The zero-order valence-electron chi connectivity index (χ0n) is 9.87. The van der Waals surface area contributed by atoms with E-state index in [9.17, 15) is 4.79 Å². The van der Waals surface area contributed by atoms with Gasteiger partial charge < -0.3 is 4.74 Å². The summed E-state index contributed by atoms with van der Waals surface area (Å²) in [6, 6.07) is 0. The molecule has 0 aliphatic heterocycles. The van der Waals surface area contributed by atoms with Gasteiger partial charge in [0.05, 0.1) is 5.88 Å². The fraction of sp³-hybridized carbons (Fsp3) is 0.300. The van der Waals surface area contributed by atoms with Crippen LogP contribution in [0.2, 0.25) is 0 Å². The van der Waals surface area contributed by atoms with Crippen LogP contribution in [0.3, 0.4) is 0 Å². The largest absolute Gasteiger partial charge is 0.460 e. The van der Waals surface area contributed by atoms with Gasteiger partial charge in [0.1, 0.15) is 12.3 Å². The first kappa shape index (κ1) is 14.2. The number of halogens is 1. The minimum Gasteiger partial charge on any atom is -0.460 e. The van der Waals surface area contributed by atoms with E-state index in [1.54, 1.807) is 12.4 Å². The molecule has 2 rings (SSSR count). The van der Waals surface area contributed by atoms with Crippen molar-refractivity contribution in [2.75, 3.05) is 18.7 Å². The Hall–Kier alpha value is -1.25. The molecule has 0 bridgehead atoms. The first-order valence-corrected chi connectivity index (χ1v) is 7.71. The molecule has 0 fully saturated rings. The molecule has 0 radical (unpaired) electrons. The fourth-order valence-electron chi connectivity index (χ4n) is 1.25. The summed E-state index contributed by atoms with van der Waals surface area (Å²) >= 11 is 7.88. The Balaban J connectivity index is 2.25. The van der Waals surface area contributed by atoms with E-state index < -0.39 is 5.97 Å². The highest BCUT2D eigenvalue weighted by atomic mass is 35.5. The molecule has 0 aliphatic rings. The highest BCUT2D eigenvalue weighted by Gasteiger charge is 2.19. The lowest BCUT2D eigenvalue weighted by molar-refractivity contribution is 0.0535. The second-order valence-corrected chi connectivity index (χ2v) is 5.14. The van der Waals surface area contributed by atoms with Crippen molar-refractivity contribution in [3.63, 3.8) is 0 Å². The molecule has 2 aromatic rings. The van der Waals surface area contributed by atoms with Gasteiger partial charge in [-0.2, -0.15) is 0 Å². The molecule has 2 aromatic heterocycles. The van der Waals surface area contributed by atoms with E-state index in [1.165, 1.54) is 11.8 Å². The van der Waals surface area contributed by atoms with Gasteiger partial charge in [0.2, 0.25) is 0 Å². The highest BCUT2D eigenvalue weighted by Crippen LogP contribution is 2.24. The quantitative estimate of drug-likeness (QED) is 0.362. The third-order valence-corrected chi connectivity index (χ3v) is 3.50. The number of hydrogen-bond acceptors (Lipinski definition) is 8. The van der Waals surface area contributed by atoms with Gasteiger partial charge in [-0.25, -0.2) is 14.8 Å². The number of hydrogen-bond donors (Lipinski definition) is 0. The molecule has 0 aliphatic carbocycles. The van der Waals surface area contributed by atoms with E-state index in [2.05, 4.69) is 19.6 Å². The molecule has 2 heterocycles. The average molecular weight is 317 g/mol. The average Bonchev–Trinajstić information content (AvgIpc) is 2.94. The van der Waals surface area contributed by atoms with E-state index in [0.717, 1.165) is 11.5 Å². The maximum Gasteiger partial charge on any atom is 0.352 e. The van der Waals surface area contributed by atoms with Crippen LogP contribution in [0.25, 0.3) is 11.3 Å². The maximum atomic E-state index is 11.8. The number of ether oxygens (including phenoxy) is 1. The first-order valence-electron chi connectivity index (χ1n) is 5.18. The summed E-state index contributed by atoms with van der Waals surface area (Å²) in [5.41, 5.74) is 1.06. The molecule has 0 amide bonds. The molecule has 0 spiro atoms. The molecule has 6 nitrogen and oxygen atoms in total. The maximum absolute atomic E-state index is 11.8. The Labute approximate surface area is 122 Å². The second-order valence-electron chi connectivity index (χ2n) is 3.23. The lowest BCUT2D eigenvalue weighted by Gasteiger charge is -2.02. The van der Waals surface area contributed by atoms with Crippen LogP contribution < -0.4 is 0 Å². The molecule has 0 N–H and O–H groups in total. The van der Waals surface area contributed by atoms with Crippen LogP contribution in [-0.2, 0) is 4.74 Å². The number of alkyl halides is 1. The molecule has 0 saturated heterocycles. The lowest BCUT2D eigenvalue weighted by Crippen LogP contribution is -2.07. The number of aromatic nitrogens is 4. The van der Waals surface area contributed by atoms with E-state index in [1.807, 2.05) is 6.26 Å². The van der Waals surface area contributed by atoms with Gasteiger partial charge in [0, 0.05) is 18.0 Å². The Morgan fingerprint density at radius 2 is 2.21 bits per heavy atom. The van der Waals surface area contributed by atoms with Crippen LogP contribution >= 0.6 is 34.9 Å². The summed E-state index contributed by atoms with van der Waals surface area (Å²) in [5, 5.41) is 4.57. The Kier molecular flexibility index (Phi) is 5.06. The molecule has 19 heavy (non-hydrogen) atoms. The molecular weight excluding hydrogens is 308 g/mol. The number of nitrogens with zero attached hydrogens (tertiary/aromatic N) is 4. The number of esters is 1. The van der Waals surface area contributed by atoms with E-state index >= 15 is 0 Å². The zero-order chi connectivity index (χ0) is 13.7. The van der Waals surface area contributed by atoms with E-state index in [0.29, 0.717) is 21.3 Å². The molecular formula is C10H9ClN4O2S2. The van der Waals surface area contributed by atoms with E-state index in [-0.39, 0.29) is 12.5 Å². The summed E-state index contributed by atoms with van der Waals surface area (Å²) in [4.78, 5) is 20.4. The fourth-order valence-corrected chi connectivity index (χ4v) is 2.23. The molecule has 0 aromatic carbocycles. The predicted octanol–water partition coefficient (Wildman–Crippen LogP) is 2.11. The zero-order valence-corrected chi connectivity index (χ0v) is 12.3. The summed E-state index contributed by atoms with van der Waals surface area (Å²) in [7, 11) is 0. The number of thioether (sulfide) groups is 1. The van der Waals surface area contributed by atoms with Crippen molar-refractivity contribution < 1.29 is 9.53 Å². The van der Waals surface area contributed by atoms with Crippen LogP contribution in [0.4, 0.5) is 0 Å². The molecule has 100 valence electrons. The first-order chi connectivity index (χ1) is 9.26. The van der Waals surface area contributed by atoms with Crippen LogP contribution in [-0.4, -0.2) is 44.3 Å². The summed E-state index contributed by atoms with van der Waals surface area (Å²) in [6.07, 6.45) is 5.09. The predicted molar refractivity (Wildman–Crippen MR) is 73.7 cm³/mol. The van der Waals surface area contributed by atoms with Crippen molar-refractivity contribution in [3.8, 4) is 11.3 Å². The molecule has 0 atom stereocenters. The van der Waals surface area contributed by atoms with Crippen LogP contribution in [0.5, 0.6) is 0 Å². The van der Waals surface area contributed by atoms with Gasteiger partial charge in [0.25, 0.3) is 0 Å². The van der Waals surface area contributed by atoms with Gasteiger partial charge >= 0.3 is 5.97 Å². The number of carbonyl (C=O) groups is 1. The third-order valence-electron chi connectivity index (χ3n) is 2.07. The monoisotopic (exact) mass is 316 g/mol. The van der Waals surface area contributed by atoms with Crippen LogP contribution in [0.15, 0.2) is 17.6 Å². The van der Waals surface area contributed by atoms with Crippen molar-refractivity contribution in [2.45, 2.75) is 5.16 Å². The minimum absolute atomic E-state index is 0.152. The number of carbonyl (C=O) groups excluding carboxylic acids is 1. The van der Waals surface area contributed by atoms with Gasteiger partial charge in [0.15, 0.2) is 10.0 Å². The van der Waals surface area contributed by atoms with Gasteiger partial charge in [-0.15, -0.1) is 16.7 Å². The lowest BCUT2D eigenvalue weighted by atomic mass is 10.2. The molecule has 9 heteroatoms. The summed E-state index contributed by atoms with van der Waals surface area (Å²) in [6.45, 7) is 0.152. The van der Waals surface area contributed by atoms with Crippen molar-refractivity contribution in [1.29, 1.82) is 0 Å². The SMILES string of the molecule is CSc1ncc(-c2nnsc2C(=O)OCCCl)cn1. The smallest absolute Gasteiger partial charge is 0.352 e. The Morgan fingerprint density at radius 3 is 2.84 bits per heavy atom. The highest BCUT2D eigenvalue weighted by molar-refractivity contribution is 7.98. The normalized spacial score (nSPS) is 10.4. The topological polar surface area (TPSA) is 77.9 Å². The standard InChI is InChI=1S/C10H9ClN4O2S2/c1-18-10-12-4-6(5-13-10)7-8(19-15-14-7)9(16)17-3-2-11/h4-5H,2-3H2,1H3. The minimum atomic E-state index is -0.486. The van der Waals surface area contributed by atoms with E-state index in [4.69, 9.17) is 16.3 Å². The van der Waals surface area contributed by atoms with Crippen molar-refractivity contribution in [2.24, 2.45) is 0 Å². The van der Waals surface area contributed by atoms with Crippen molar-refractivity contribution in [3.05, 3.63) is 17.3 Å².